The highest BCUT2D eigenvalue weighted by atomic mass is 16.2. The summed E-state index contributed by atoms with van der Waals surface area (Å²) in [7, 11) is 0. The van der Waals surface area contributed by atoms with Gasteiger partial charge in [-0.25, -0.2) is 0 Å². The number of carbonyl (C=O) groups excluding carboxylic acids is 1. The Morgan fingerprint density at radius 2 is 1.96 bits per heavy atom. The molecule has 24 heavy (non-hydrogen) atoms. The second kappa shape index (κ2) is 8.18. The second-order valence-electron chi connectivity index (χ2n) is 6.96. The van der Waals surface area contributed by atoms with E-state index < -0.39 is 0 Å². The summed E-state index contributed by atoms with van der Waals surface area (Å²) in [5.74, 6) is 0.928. The number of carbonyl (C=O) groups is 1. The third kappa shape index (κ3) is 4.50. The van der Waals surface area contributed by atoms with E-state index in [0.29, 0.717) is 5.92 Å². The Labute approximate surface area is 145 Å². The molecule has 0 bridgehead atoms. The van der Waals surface area contributed by atoms with Gasteiger partial charge in [0.25, 0.3) is 0 Å². The minimum Gasteiger partial charge on any atom is -0.374 e. The van der Waals surface area contributed by atoms with E-state index in [-0.39, 0.29) is 11.9 Å². The molecule has 1 aromatic rings. The maximum atomic E-state index is 12.6. The number of hydrogen-bond acceptors (Lipinski definition) is 2. The summed E-state index contributed by atoms with van der Waals surface area (Å²) in [6, 6.07) is 10.5. The van der Waals surface area contributed by atoms with Crippen LogP contribution in [0, 0.1) is 5.92 Å². The molecule has 1 fully saturated rings. The molecule has 1 aliphatic carbocycles. The fourth-order valence-electron chi connectivity index (χ4n) is 3.61. The molecule has 0 radical (unpaired) electrons. The molecule has 2 aliphatic rings. The van der Waals surface area contributed by atoms with Crippen LogP contribution < -0.4 is 5.32 Å². The van der Waals surface area contributed by atoms with Gasteiger partial charge >= 0.3 is 0 Å². The van der Waals surface area contributed by atoms with Crippen LogP contribution in [0.2, 0.25) is 0 Å². The topological polar surface area (TPSA) is 32.3 Å². The van der Waals surface area contributed by atoms with Gasteiger partial charge in [0.1, 0.15) is 6.04 Å². The summed E-state index contributed by atoms with van der Waals surface area (Å²) >= 11 is 0. The number of nitrogens with zero attached hydrogens (tertiary/aromatic N) is 1. The number of amides is 1. The lowest BCUT2D eigenvalue weighted by atomic mass is 9.90. The van der Waals surface area contributed by atoms with Gasteiger partial charge < -0.3 is 10.2 Å². The van der Waals surface area contributed by atoms with Crippen LogP contribution in [0.1, 0.15) is 38.2 Å². The van der Waals surface area contributed by atoms with E-state index in [0.717, 1.165) is 50.9 Å². The highest BCUT2D eigenvalue weighted by molar-refractivity contribution is 5.81. The summed E-state index contributed by atoms with van der Waals surface area (Å²) in [4.78, 5) is 14.7. The van der Waals surface area contributed by atoms with Crippen molar-refractivity contribution in [2.45, 2.75) is 45.1 Å². The lowest BCUT2D eigenvalue weighted by molar-refractivity contribution is -0.134. The van der Waals surface area contributed by atoms with Gasteiger partial charge in [0.15, 0.2) is 0 Å². The predicted octanol–water partition coefficient (Wildman–Crippen LogP) is 3.68. The van der Waals surface area contributed by atoms with Crippen LogP contribution in [-0.4, -0.2) is 29.9 Å². The van der Waals surface area contributed by atoms with E-state index in [1.807, 2.05) is 11.8 Å². The maximum absolute atomic E-state index is 12.6. The van der Waals surface area contributed by atoms with Crippen molar-refractivity contribution in [3.8, 4) is 0 Å². The van der Waals surface area contributed by atoms with E-state index >= 15 is 0 Å². The molecular weight excluding hydrogens is 296 g/mol. The summed E-state index contributed by atoms with van der Waals surface area (Å²) < 4.78 is 0. The van der Waals surface area contributed by atoms with Gasteiger partial charge in [-0.1, -0.05) is 42.5 Å². The molecule has 0 saturated carbocycles. The summed E-state index contributed by atoms with van der Waals surface area (Å²) in [5.41, 5.74) is 2.49. The highest BCUT2D eigenvalue weighted by Crippen LogP contribution is 2.22. The molecule has 3 nitrogen and oxygen atoms in total. The van der Waals surface area contributed by atoms with Crippen LogP contribution in [-0.2, 0) is 11.2 Å². The number of benzene rings is 1. The molecule has 1 saturated heterocycles. The van der Waals surface area contributed by atoms with Gasteiger partial charge in [-0.15, -0.1) is 0 Å². The SMILES string of the molecule is CC(NC1=CCCC=C1)C(=O)N1CCC(Cc2ccccc2)CC1. The van der Waals surface area contributed by atoms with Crippen molar-refractivity contribution < 1.29 is 4.79 Å². The average Bonchev–Trinajstić information content (AvgIpc) is 2.63. The van der Waals surface area contributed by atoms with E-state index in [1.54, 1.807) is 0 Å². The quantitative estimate of drug-likeness (QED) is 0.896. The zero-order chi connectivity index (χ0) is 16.8. The summed E-state index contributed by atoms with van der Waals surface area (Å²) in [5, 5.41) is 3.35. The van der Waals surface area contributed by atoms with Crippen LogP contribution in [0.25, 0.3) is 0 Å². The molecule has 1 aliphatic heterocycles. The fourth-order valence-corrected chi connectivity index (χ4v) is 3.61. The van der Waals surface area contributed by atoms with Crippen molar-refractivity contribution in [2.24, 2.45) is 5.92 Å². The Morgan fingerprint density at radius 1 is 1.21 bits per heavy atom. The molecule has 1 aromatic carbocycles. The van der Waals surface area contributed by atoms with E-state index in [1.165, 1.54) is 5.56 Å². The number of allylic oxidation sites excluding steroid dienone is 3. The molecule has 0 spiro atoms. The third-order valence-electron chi connectivity index (χ3n) is 5.04. The molecule has 3 rings (SSSR count). The first-order valence-corrected chi connectivity index (χ1v) is 9.18. The van der Waals surface area contributed by atoms with E-state index in [2.05, 4.69) is 53.9 Å². The first-order chi connectivity index (χ1) is 11.7. The van der Waals surface area contributed by atoms with E-state index in [4.69, 9.17) is 0 Å². The van der Waals surface area contributed by atoms with Crippen molar-refractivity contribution in [1.82, 2.24) is 10.2 Å². The van der Waals surface area contributed by atoms with Crippen molar-refractivity contribution in [3.05, 3.63) is 59.8 Å². The van der Waals surface area contributed by atoms with Crippen LogP contribution in [0.5, 0.6) is 0 Å². The van der Waals surface area contributed by atoms with E-state index in [9.17, 15) is 4.79 Å². The molecule has 1 N–H and O–H groups in total. The maximum Gasteiger partial charge on any atom is 0.244 e. The lowest BCUT2D eigenvalue weighted by Gasteiger charge is -2.34. The lowest BCUT2D eigenvalue weighted by Crippen LogP contribution is -2.47. The fraction of sp³-hybridized carbons (Fsp3) is 0.476. The number of rotatable bonds is 5. The van der Waals surface area contributed by atoms with Crippen LogP contribution >= 0.6 is 0 Å². The largest absolute Gasteiger partial charge is 0.374 e. The van der Waals surface area contributed by atoms with Crippen LogP contribution in [0.3, 0.4) is 0 Å². The Kier molecular flexibility index (Phi) is 5.73. The Morgan fingerprint density at radius 3 is 2.62 bits per heavy atom. The van der Waals surface area contributed by atoms with Crippen molar-refractivity contribution >= 4 is 5.91 Å². The minimum absolute atomic E-state index is 0.148. The zero-order valence-corrected chi connectivity index (χ0v) is 14.6. The average molecular weight is 324 g/mol. The Hall–Kier alpha value is -2.03. The monoisotopic (exact) mass is 324 g/mol. The Bertz CT molecular complexity index is 598. The van der Waals surface area contributed by atoms with Crippen molar-refractivity contribution in [1.29, 1.82) is 0 Å². The number of likely N-dealkylation sites (tertiary alicyclic amines) is 1. The molecule has 128 valence electrons. The van der Waals surface area contributed by atoms with Gasteiger partial charge in [-0.2, -0.15) is 0 Å². The first-order valence-electron chi connectivity index (χ1n) is 9.18. The predicted molar refractivity (Wildman–Crippen MR) is 98.5 cm³/mol. The van der Waals surface area contributed by atoms with Crippen LogP contribution in [0.4, 0.5) is 0 Å². The van der Waals surface area contributed by atoms with Gasteiger partial charge in [0, 0.05) is 18.8 Å². The molecule has 1 atom stereocenters. The second-order valence-corrected chi connectivity index (χ2v) is 6.96. The van der Waals surface area contributed by atoms with Gasteiger partial charge in [-0.05, 0) is 56.6 Å². The number of nitrogens with one attached hydrogen (secondary N) is 1. The summed E-state index contributed by atoms with van der Waals surface area (Å²) in [6.07, 6.45) is 11.9. The smallest absolute Gasteiger partial charge is 0.244 e. The molecular formula is C21H28N2O. The van der Waals surface area contributed by atoms with Crippen molar-refractivity contribution in [3.63, 3.8) is 0 Å². The van der Waals surface area contributed by atoms with Crippen molar-refractivity contribution in [2.75, 3.05) is 13.1 Å². The minimum atomic E-state index is -0.148. The molecule has 1 amide bonds. The molecule has 1 unspecified atom stereocenters. The third-order valence-corrected chi connectivity index (χ3v) is 5.04. The number of hydrogen-bond donors (Lipinski definition) is 1. The molecule has 0 aromatic heterocycles. The first kappa shape index (κ1) is 16.8. The van der Waals surface area contributed by atoms with Gasteiger partial charge in [0.05, 0.1) is 0 Å². The summed E-state index contributed by atoms with van der Waals surface area (Å²) in [6.45, 7) is 3.75. The normalized spacial score (nSPS) is 19.7. The van der Waals surface area contributed by atoms with Gasteiger partial charge in [-0.3, -0.25) is 4.79 Å². The standard InChI is InChI=1S/C21H28N2O/c1-17(22-20-10-6-3-7-11-20)21(24)23-14-12-19(13-15-23)16-18-8-4-2-5-9-18/h2,4-6,8-11,17,19,22H,3,7,12-16H2,1H3. The molecule has 1 heterocycles. The van der Waals surface area contributed by atoms with Gasteiger partial charge in [0.2, 0.25) is 5.91 Å². The zero-order valence-electron chi connectivity index (χ0n) is 14.6. The highest BCUT2D eigenvalue weighted by Gasteiger charge is 2.26. The number of piperidine rings is 1. The van der Waals surface area contributed by atoms with Crippen LogP contribution in [0.15, 0.2) is 54.3 Å². The molecule has 3 heteroatoms. The Balaban J connectivity index is 1.46.